The summed E-state index contributed by atoms with van der Waals surface area (Å²) >= 11 is 0. The van der Waals surface area contributed by atoms with Crippen LogP contribution in [-0.4, -0.2) is 20.4 Å². The summed E-state index contributed by atoms with van der Waals surface area (Å²) in [4.78, 5) is 26.5. The average Bonchev–Trinajstić information content (AvgIpc) is 2.91. The summed E-state index contributed by atoms with van der Waals surface area (Å²) in [7, 11) is 0. The number of phenols is 4. The Kier molecular flexibility index (Phi) is 5.17. The molecule has 0 spiro atoms. The predicted octanol–water partition coefficient (Wildman–Crippen LogP) is 5.72. The molecule has 4 aromatic carbocycles. The van der Waals surface area contributed by atoms with Gasteiger partial charge in [-0.15, -0.1) is 0 Å². The van der Waals surface area contributed by atoms with E-state index >= 15 is 0 Å². The summed E-state index contributed by atoms with van der Waals surface area (Å²) in [6.45, 7) is 0. The minimum atomic E-state index is -0.502. The zero-order valence-corrected chi connectivity index (χ0v) is 19.5. The third-order valence-electron chi connectivity index (χ3n) is 6.47. The Bertz CT molecular complexity index is 2000. The molecule has 2 aromatic heterocycles. The second-order valence-corrected chi connectivity index (χ2v) is 8.72. The number of phenolic OH excluding ortho intramolecular Hbond substituents is 4. The molecule has 2 heterocycles. The summed E-state index contributed by atoms with van der Waals surface area (Å²) in [6, 6.07) is 17.8. The van der Waals surface area contributed by atoms with E-state index in [9.17, 15) is 30.0 Å². The molecule has 0 aliphatic carbocycles. The van der Waals surface area contributed by atoms with Crippen molar-refractivity contribution in [3.63, 3.8) is 0 Å². The van der Waals surface area contributed by atoms with Crippen LogP contribution in [0.5, 0.6) is 23.0 Å². The number of rotatable bonds is 3. The van der Waals surface area contributed by atoms with Crippen molar-refractivity contribution in [1.29, 1.82) is 0 Å². The quantitative estimate of drug-likeness (QED) is 0.239. The lowest BCUT2D eigenvalue weighted by atomic mass is 9.95. The molecule has 0 atom stereocenters. The Labute approximate surface area is 213 Å². The van der Waals surface area contributed by atoms with Crippen molar-refractivity contribution in [2.75, 3.05) is 0 Å². The van der Waals surface area contributed by atoms with Gasteiger partial charge in [-0.2, -0.15) is 0 Å². The lowest BCUT2D eigenvalue weighted by Crippen LogP contribution is -2.06. The van der Waals surface area contributed by atoms with Crippen LogP contribution in [0.4, 0.5) is 0 Å². The summed E-state index contributed by atoms with van der Waals surface area (Å²) in [6.07, 6.45) is 2.54. The molecular weight excluding hydrogens is 488 g/mol. The minimum Gasteiger partial charge on any atom is -0.508 e. The molecule has 0 amide bonds. The highest BCUT2D eigenvalue weighted by molar-refractivity contribution is 5.95. The number of fused-ring (bicyclic) bond motifs is 2. The van der Waals surface area contributed by atoms with E-state index in [4.69, 9.17) is 8.83 Å². The summed E-state index contributed by atoms with van der Waals surface area (Å²) in [5, 5.41) is 41.6. The zero-order chi connectivity index (χ0) is 26.6. The fraction of sp³-hybridized carbons (Fsp3) is 0. The van der Waals surface area contributed by atoms with Crippen LogP contribution in [0, 0.1) is 0 Å². The van der Waals surface area contributed by atoms with Crippen molar-refractivity contribution in [1.82, 2.24) is 0 Å². The highest BCUT2D eigenvalue weighted by Crippen LogP contribution is 2.41. The number of hydrogen-bond acceptors (Lipinski definition) is 8. The maximum Gasteiger partial charge on any atom is 0.204 e. The molecule has 8 nitrogen and oxygen atoms in total. The second-order valence-electron chi connectivity index (χ2n) is 8.72. The van der Waals surface area contributed by atoms with Gasteiger partial charge in [0.2, 0.25) is 10.9 Å². The largest absolute Gasteiger partial charge is 0.508 e. The lowest BCUT2D eigenvalue weighted by molar-refractivity contribution is 0.471. The van der Waals surface area contributed by atoms with Crippen molar-refractivity contribution in [3.05, 3.63) is 106 Å². The first kappa shape index (κ1) is 22.9. The highest BCUT2D eigenvalue weighted by Gasteiger charge is 2.20. The van der Waals surface area contributed by atoms with Gasteiger partial charge in [0.05, 0.1) is 11.1 Å². The van der Waals surface area contributed by atoms with Crippen molar-refractivity contribution in [2.24, 2.45) is 0 Å². The SMILES string of the molecule is O=c1c(-c2ccc(O)c(-c3ccc4occ(-c5ccc(O)cc5)c(=O)c4c3O)c2)coc2cccc(O)c12. The van der Waals surface area contributed by atoms with Gasteiger partial charge in [0.15, 0.2) is 0 Å². The van der Waals surface area contributed by atoms with Crippen molar-refractivity contribution in [3.8, 4) is 56.4 Å². The van der Waals surface area contributed by atoms with E-state index in [1.807, 2.05) is 0 Å². The average molecular weight is 506 g/mol. The number of benzene rings is 4. The first-order valence-electron chi connectivity index (χ1n) is 11.5. The minimum absolute atomic E-state index is 0.0209. The van der Waals surface area contributed by atoms with Crippen LogP contribution in [0.15, 0.2) is 104 Å². The van der Waals surface area contributed by atoms with E-state index in [1.54, 1.807) is 24.3 Å². The molecular formula is C30H18O8. The third-order valence-corrected chi connectivity index (χ3v) is 6.47. The van der Waals surface area contributed by atoms with Gasteiger partial charge in [-0.1, -0.05) is 24.3 Å². The molecule has 0 aliphatic heterocycles. The number of hydrogen-bond donors (Lipinski definition) is 4. The summed E-state index contributed by atoms with van der Waals surface area (Å²) in [5.41, 5.74) is 0.849. The van der Waals surface area contributed by atoms with E-state index in [0.717, 1.165) is 0 Å². The Hall–Kier alpha value is -5.50. The summed E-state index contributed by atoms with van der Waals surface area (Å²) < 4.78 is 11.2. The summed E-state index contributed by atoms with van der Waals surface area (Å²) in [5.74, 6) is -0.793. The van der Waals surface area contributed by atoms with E-state index in [2.05, 4.69) is 0 Å². The van der Waals surface area contributed by atoms with Crippen molar-refractivity contribution >= 4 is 21.9 Å². The van der Waals surface area contributed by atoms with E-state index in [0.29, 0.717) is 11.1 Å². The predicted molar refractivity (Wildman–Crippen MR) is 141 cm³/mol. The Morgan fingerprint density at radius 3 is 1.89 bits per heavy atom. The molecule has 0 saturated carbocycles. The fourth-order valence-corrected chi connectivity index (χ4v) is 4.53. The third kappa shape index (κ3) is 3.55. The van der Waals surface area contributed by atoms with E-state index in [1.165, 1.54) is 61.1 Å². The van der Waals surface area contributed by atoms with Gasteiger partial charge < -0.3 is 29.3 Å². The molecule has 0 aliphatic rings. The fourth-order valence-electron chi connectivity index (χ4n) is 4.53. The highest BCUT2D eigenvalue weighted by atomic mass is 16.3. The first-order chi connectivity index (χ1) is 18.3. The monoisotopic (exact) mass is 506 g/mol. The molecule has 186 valence electrons. The molecule has 4 N–H and O–H groups in total. The van der Waals surface area contributed by atoms with Gasteiger partial charge >= 0.3 is 0 Å². The van der Waals surface area contributed by atoms with E-state index in [-0.39, 0.29) is 61.4 Å². The van der Waals surface area contributed by atoms with Crippen LogP contribution >= 0.6 is 0 Å². The van der Waals surface area contributed by atoms with Crippen LogP contribution < -0.4 is 10.9 Å². The Morgan fingerprint density at radius 2 is 1.16 bits per heavy atom. The smallest absolute Gasteiger partial charge is 0.204 e. The molecule has 0 fully saturated rings. The molecule has 8 heteroatoms. The van der Waals surface area contributed by atoms with Crippen LogP contribution in [0.25, 0.3) is 55.3 Å². The molecule has 0 saturated heterocycles. The lowest BCUT2D eigenvalue weighted by Gasteiger charge is -2.12. The Morgan fingerprint density at radius 1 is 0.526 bits per heavy atom. The van der Waals surface area contributed by atoms with Crippen molar-refractivity contribution in [2.45, 2.75) is 0 Å². The molecule has 0 bridgehead atoms. The van der Waals surface area contributed by atoms with E-state index < -0.39 is 16.6 Å². The first-order valence-corrected chi connectivity index (χ1v) is 11.5. The van der Waals surface area contributed by atoms with Crippen LogP contribution in [0.1, 0.15) is 0 Å². The van der Waals surface area contributed by atoms with Crippen molar-refractivity contribution < 1.29 is 29.3 Å². The van der Waals surface area contributed by atoms with Gasteiger partial charge in [-0.05, 0) is 59.7 Å². The molecule has 38 heavy (non-hydrogen) atoms. The maximum absolute atomic E-state index is 13.4. The molecule has 0 radical (unpaired) electrons. The Balaban J connectivity index is 1.54. The van der Waals surface area contributed by atoms with Crippen LogP contribution in [0.2, 0.25) is 0 Å². The van der Waals surface area contributed by atoms with Gasteiger partial charge in [0.1, 0.15) is 57.5 Å². The molecule has 6 rings (SSSR count). The van der Waals surface area contributed by atoms with Crippen LogP contribution in [0.3, 0.4) is 0 Å². The van der Waals surface area contributed by atoms with Gasteiger partial charge in [-0.25, -0.2) is 0 Å². The van der Waals surface area contributed by atoms with Gasteiger partial charge in [-0.3, -0.25) is 9.59 Å². The zero-order valence-electron chi connectivity index (χ0n) is 19.5. The van der Waals surface area contributed by atoms with Gasteiger partial charge in [0.25, 0.3) is 0 Å². The maximum atomic E-state index is 13.4. The standard InChI is InChI=1S/C30H18O8/c31-17-7-4-15(5-8-17)20-13-38-25-11-9-18(28(34)27(25)30(20)36)19-12-16(6-10-22(19)32)21-14-37-24-3-1-2-23(33)26(24)29(21)35/h1-14,31-34H. The number of aromatic hydroxyl groups is 4. The molecule has 0 unspecified atom stereocenters. The van der Waals surface area contributed by atoms with Gasteiger partial charge in [0, 0.05) is 11.1 Å². The second kappa shape index (κ2) is 8.56. The topological polar surface area (TPSA) is 141 Å². The van der Waals surface area contributed by atoms with Crippen LogP contribution in [-0.2, 0) is 0 Å². The normalized spacial score (nSPS) is 11.3. The molecule has 6 aromatic rings.